The standard InChI is InChI=1S/C31H33ClN2O2S/c1-3-36-27-18-13-22(21-9-5-4-6-10-21)19-23(27)20-34(25-16-14-24(33-2)15-17-25)31(35)30-29(32)26-11-7-8-12-28(26)37-30/h4-13,18-19,24-25,33H,3,14-17,20H2,1-2H3/t24-,25+. The SMILES string of the molecule is CCOc1ccc(-c2ccccc2)cc1CN(C(=O)c1sc2ccccc2c1Cl)[C@H]1CC[C@@H](NC)CC1. The van der Waals surface area contributed by atoms with Crippen LogP contribution in [0.1, 0.15) is 47.8 Å². The van der Waals surface area contributed by atoms with Gasteiger partial charge in [0.05, 0.1) is 11.6 Å². The number of ether oxygens (including phenoxy) is 1. The molecule has 37 heavy (non-hydrogen) atoms. The van der Waals surface area contributed by atoms with Gasteiger partial charge < -0.3 is 15.0 Å². The van der Waals surface area contributed by atoms with E-state index in [1.807, 2.05) is 62.5 Å². The Kier molecular flexibility index (Phi) is 8.14. The molecule has 6 heteroatoms. The third-order valence-electron chi connectivity index (χ3n) is 7.34. The van der Waals surface area contributed by atoms with Crippen LogP contribution in [0.15, 0.2) is 72.8 Å². The monoisotopic (exact) mass is 532 g/mol. The second-order valence-corrected chi connectivity index (χ2v) is 11.0. The molecule has 192 valence electrons. The van der Waals surface area contributed by atoms with E-state index in [0.717, 1.165) is 58.2 Å². The van der Waals surface area contributed by atoms with Crippen molar-refractivity contribution in [2.45, 2.75) is 51.2 Å². The molecule has 5 rings (SSSR count). The lowest BCUT2D eigenvalue weighted by Crippen LogP contribution is -2.44. The topological polar surface area (TPSA) is 41.6 Å². The Morgan fingerprint density at radius 3 is 2.43 bits per heavy atom. The van der Waals surface area contributed by atoms with Gasteiger partial charge in [-0.1, -0.05) is 66.2 Å². The minimum atomic E-state index is 0.00618. The van der Waals surface area contributed by atoms with Crippen LogP contribution < -0.4 is 10.1 Å². The number of fused-ring (bicyclic) bond motifs is 1. The van der Waals surface area contributed by atoms with E-state index in [-0.39, 0.29) is 11.9 Å². The quantitative estimate of drug-likeness (QED) is 0.252. The summed E-state index contributed by atoms with van der Waals surface area (Å²) in [6.07, 6.45) is 4.02. The van der Waals surface area contributed by atoms with Crippen molar-refractivity contribution >= 4 is 38.9 Å². The van der Waals surface area contributed by atoms with Crippen LogP contribution in [0.25, 0.3) is 21.2 Å². The van der Waals surface area contributed by atoms with Crippen molar-refractivity contribution in [1.29, 1.82) is 0 Å². The molecule has 3 aromatic carbocycles. The van der Waals surface area contributed by atoms with Crippen LogP contribution in [-0.4, -0.2) is 36.5 Å². The number of halogens is 1. The molecule has 1 fully saturated rings. The molecule has 0 spiro atoms. The van der Waals surface area contributed by atoms with Gasteiger partial charge in [-0.2, -0.15) is 0 Å². The Hall–Kier alpha value is -2.86. The van der Waals surface area contributed by atoms with Crippen LogP contribution >= 0.6 is 22.9 Å². The summed E-state index contributed by atoms with van der Waals surface area (Å²) in [5.41, 5.74) is 3.28. The maximum Gasteiger partial charge on any atom is 0.266 e. The van der Waals surface area contributed by atoms with Crippen molar-refractivity contribution in [3.63, 3.8) is 0 Å². The second kappa shape index (κ2) is 11.7. The van der Waals surface area contributed by atoms with Gasteiger partial charge in [0.25, 0.3) is 5.91 Å². The van der Waals surface area contributed by atoms with Crippen LogP contribution in [0.3, 0.4) is 0 Å². The van der Waals surface area contributed by atoms with Gasteiger partial charge in [0.1, 0.15) is 10.6 Å². The minimum Gasteiger partial charge on any atom is -0.494 e. The molecular formula is C31H33ClN2O2S. The zero-order valence-electron chi connectivity index (χ0n) is 21.4. The largest absolute Gasteiger partial charge is 0.494 e. The molecule has 4 aromatic rings. The number of thiophene rings is 1. The maximum absolute atomic E-state index is 14.2. The second-order valence-electron chi connectivity index (χ2n) is 9.59. The number of hydrogen-bond donors (Lipinski definition) is 1. The van der Waals surface area contributed by atoms with Gasteiger partial charge in [0, 0.05) is 34.3 Å². The summed E-state index contributed by atoms with van der Waals surface area (Å²) < 4.78 is 7.07. The molecule has 1 aliphatic rings. The number of hydrogen-bond acceptors (Lipinski definition) is 4. The highest BCUT2D eigenvalue weighted by Crippen LogP contribution is 2.38. The van der Waals surface area contributed by atoms with Crippen LogP contribution in [0.5, 0.6) is 5.75 Å². The van der Waals surface area contributed by atoms with Crippen molar-refractivity contribution in [1.82, 2.24) is 10.2 Å². The predicted octanol–water partition coefficient (Wildman–Crippen LogP) is 7.79. The Morgan fingerprint density at radius 2 is 1.73 bits per heavy atom. The molecule has 0 radical (unpaired) electrons. The molecular weight excluding hydrogens is 500 g/mol. The van der Waals surface area contributed by atoms with Crippen LogP contribution in [0.4, 0.5) is 0 Å². The maximum atomic E-state index is 14.2. The number of carbonyl (C=O) groups is 1. The first-order valence-electron chi connectivity index (χ1n) is 13.1. The molecule has 1 amide bonds. The van der Waals surface area contributed by atoms with Gasteiger partial charge in [-0.15, -0.1) is 11.3 Å². The Bertz CT molecular complexity index is 1360. The van der Waals surface area contributed by atoms with Gasteiger partial charge in [-0.25, -0.2) is 0 Å². The van der Waals surface area contributed by atoms with Gasteiger partial charge in [0.2, 0.25) is 0 Å². The first-order chi connectivity index (χ1) is 18.1. The summed E-state index contributed by atoms with van der Waals surface area (Å²) in [6, 6.07) is 25.3. The zero-order chi connectivity index (χ0) is 25.8. The number of nitrogens with one attached hydrogen (secondary N) is 1. The average Bonchev–Trinajstić information content (AvgIpc) is 3.29. The normalized spacial score (nSPS) is 17.6. The van der Waals surface area contributed by atoms with E-state index in [1.54, 1.807) is 0 Å². The first-order valence-corrected chi connectivity index (χ1v) is 14.2. The highest BCUT2D eigenvalue weighted by Gasteiger charge is 2.32. The van der Waals surface area contributed by atoms with E-state index in [2.05, 4.69) is 34.5 Å². The first kappa shape index (κ1) is 25.8. The molecule has 0 aliphatic heterocycles. The third-order valence-corrected chi connectivity index (χ3v) is 9.01. The van der Waals surface area contributed by atoms with Crippen LogP contribution in [0, 0.1) is 0 Å². The predicted molar refractivity (Wildman–Crippen MR) is 155 cm³/mol. The summed E-state index contributed by atoms with van der Waals surface area (Å²) in [5, 5.41) is 4.91. The van der Waals surface area contributed by atoms with Crippen molar-refractivity contribution in [3.05, 3.63) is 88.3 Å². The number of benzene rings is 3. The van der Waals surface area contributed by atoms with Gasteiger partial charge in [-0.3, -0.25) is 4.79 Å². The molecule has 1 heterocycles. The third kappa shape index (κ3) is 5.54. The number of amides is 1. The van der Waals surface area contributed by atoms with E-state index in [4.69, 9.17) is 16.3 Å². The van der Waals surface area contributed by atoms with E-state index >= 15 is 0 Å². The molecule has 1 saturated carbocycles. The minimum absolute atomic E-state index is 0.00618. The van der Waals surface area contributed by atoms with Crippen molar-refractivity contribution in [3.8, 4) is 16.9 Å². The van der Waals surface area contributed by atoms with E-state index < -0.39 is 0 Å². The summed E-state index contributed by atoms with van der Waals surface area (Å²) in [7, 11) is 2.02. The summed E-state index contributed by atoms with van der Waals surface area (Å²) >= 11 is 8.29. The molecule has 4 nitrogen and oxygen atoms in total. The number of nitrogens with zero attached hydrogens (tertiary/aromatic N) is 1. The summed E-state index contributed by atoms with van der Waals surface area (Å²) in [6.45, 7) is 3.04. The fourth-order valence-electron chi connectivity index (χ4n) is 5.32. The Morgan fingerprint density at radius 1 is 1.00 bits per heavy atom. The van der Waals surface area contributed by atoms with Gasteiger partial charge in [0.15, 0.2) is 0 Å². The highest BCUT2D eigenvalue weighted by molar-refractivity contribution is 7.21. The Balaban J connectivity index is 1.53. The lowest BCUT2D eigenvalue weighted by molar-refractivity contribution is 0.0604. The highest BCUT2D eigenvalue weighted by atomic mass is 35.5. The Labute approximate surface area is 228 Å². The lowest BCUT2D eigenvalue weighted by Gasteiger charge is -2.37. The fourth-order valence-corrected chi connectivity index (χ4v) is 6.79. The van der Waals surface area contributed by atoms with E-state index in [9.17, 15) is 4.79 Å². The summed E-state index contributed by atoms with van der Waals surface area (Å²) in [5.74, 6) is 0.831. The molecule has 1 aromatic heterocycles. The average molecular weight is 533 g/mol. The molecule has 1 aliphatic carbocycles. The van der Waals surface area contributed by atoms with Gasteiger partial charge in [-0.05, 0) is 69.0 Å². The molecule has 1 N–H and O–H groups in total. The fraction of sp³-hybridized carbons (Fsp3) is 0.323. The van der Waals surface area contributed by atoms with Crippen LogP contribution in [-0.2, 0) is 6.54 Å². The molecule has 0 saturated heterocycles. The zero-order valence-corrected chi connectivity index (χ0v) is 22.9. The van der Waals surface area contributed by atoms with E-state index in [1.165, 1.54) is 11.3 Å². The van der Waals surface area contributed by atoms with Crippen molar-refractivity contribution in [2.24, 2.45) is 0 Å². The van der Waals surface area contributed by atoms with Crippen LogP contribution in [0.2, 0.25) is 5.02 Å². The van der Waals surface area contributed by atoms with E-state index in [0.29, 0.717) is 29.1 Å². The smallest absolute Gasteiger partial charge is 0.266 e. The molecule has 0 bridgehead atoms. The summed E-state index contributed by atoms with van der Waals surface area (Å²) in [4.78, 5) is 16.9. The molecule has 0 unspecified atom stereocenters. The van der Waals surface area contributed by atoms with Crippen molar-refractivity contribution in [2.75, 3.05) is 13.7 Å². The molecule has 0 atom stereocenters. The van der Waals surface area contributed by atoms with Crippen molar-refractivity contribution < 1.29 is 9.53 Å². The van der Waals surface area contributed by atoms with Gasteiger partial charge >= 0.3 is 0 Å². The number of carbonyl (C=O) groups excluding carboxylic acids is 1. The number of rotatable bonds is 8. The lowest BCUT2D eigenvalue weighted by atomic mass is 9.89.